The first kappa shape index (κ1) is 27.5. The molecule has 0 aliphatic heterocycles. The molecule has 1 aromatic carbocycles. The number of esters is 1. The van der Waals surface area contributed by atoms with Crippen LogP contribution in [-0.4, -0.2) is 42.8 Å². The molecule has 1 saturated carbocycles. The van der Waals surface area contributed by atoms with Crippen LogP contribution in [0.15, 0.2) is 23.0 Å². The summed E-state index contributed by atoms with van der Waals surface area (Å²) in [5, 5.41) is 3.11. The van der Waals surface area contributed by atoms with Crippen molar-refractivity contribution in [1.82, 2.24) is 9.88 Å². The lowest BCUT2D eigenvalue weighted by Gasteiger charge is -2.34. The van der Waals surface area contributed by atoms with Gasteiger partial charge in [0.1, 0.15) is 11.2 Å². The Kier molecular flexibility index (Phi) is 9.75. The fourth-order valence-corrected chi connectivity index (χ4v) is 5.49. The summed E-state index contributed by atoms with van der Waals surface area (Å²) in [5.74, 6) is 1.26. The zero-order valence-electron chi connectivity index (χ0n) is 21.7. The molecule has 1 aromatic heterocycles. The number of ether oxygens (including phenoxy) is 3. The number of amides is 1. The van der Waals surface area contributed by atoms with Crippen molar-refractivity contribution >= 4 is 35.4 Å². The normalized spacial score (nSPS) is 20.8. The second kappa shape index (κ2) is 12.8. The van der Waals surface area contributed by atoms with Crippen molar-refractivity contribution in [3.8, 4) is 11.5 Å². The van der Waals surface area contributed by atoms with Gasteiger partial charge in [-0.1, -0.05) is 32.8 Å². The number of methoxy groups -OCH3 is 1. The molecule has 1 aliphatic rings. The van der Waals surface area contributed by atoms with Crippen LogP contribution in [-0.2, 0) is 20.9 Å². The topological polar surface area (TPSA) is 95.9 Å². The van der Waals surface area contributed by atoms with E-state index in [9.17, 15) is 14.4 Å². The van der Waals surface area contributed by atoms with Crippen LogP contribution >= 0.6 is 11.3 Å². The van der Waals surface area contributed by atoms with E-state index in [1.54, 1.807) is 32.2 Å². The molecule has 1 N–H and O–H groups in total. The SMILES string of the molecule is CCOC(=O)/C=c1\s/c(=C\c2ccc(OC)c(OCC)c2)c(=O)n1CC(=O)N[C@H]1CCC[C@H](C)[C@@H]1C. The van der Waals surface area contributed by atoms with E-state index in [-0.39, 0.29) is 30.7 Å². The first-order chi connectivity index (χ1) is 17.3. The zero-order valence-corrected chi connectivity index (χ0v) is 22.5. The van der Waals surface area contributed by atoms with E-state index in [0.29, 0.717) is 39.1 Å². The molecule has 0 spiro atoms. The molecule has 8 nitrogen and oxygen atoms in total. The number of carbonyl (C=O) groups excluding carboxylic acids is 2. The fraction of sp³-hybridized carbons (Fsp3) is 0.519. The van der Waals surface area contributed by atoms with Gasteiger partial charge in [-0.15, -0.1) is 11.3 Å². The molecule has 1 aliphatic carbocycles. The van der Waals surface area contributed by atoms with Crippen LogP contribution in [0.3, 0.4) is 0 Å². The monoisotopic (exact) mass is 516 g/mol. The molecule has 0 radical (unpaired) electrons. The number of hydrogen-bond acceptors (Lipinski definition) is 7. The lowest BCUT2D eigenvalue weighted by molar-refractivity contribution is -0.135. The third-order valence-electron chi connectivity index (χ3n) is 6.60. The third kappa shape index (κ3) is 6.78. The van der Waals surface area contributed by atoms with Crippen LogP contribution in [0.5, 0.6) is 11.5 Å². The maximum atomic E-state index is 13.3. The van der Waals surface area contributed by atoms with Crippen molar-refractivity contribution in [2.75, 3.05) is 20.3 Å². The number of benzene rings is 1. The molecule has 3 rings (SSSR count). The smallest absolute Gasteiger partial charge is 0.333 e. The van der Waals surface area contributed by atoms with Gasteiger partial charge in [-0.25, -0.2) is 4.79 Å². The van der Waals surface area contributed by atoms with Gasteiger partial charge in [-0.3, -0.25) is 14.2 Å². The second-order valence-electron chi connectivity index (χ2n) is 9.02. The predicted octanol–water partition coefficient (Wildman–Crippen LogP) is 2.43. The highest BCUT2D eigenvalue weighted by atomic mass is 32.1. The molecule has 1 fully saturated rings. The Bertz CT molecular complexity index is 1250. The van der Waals surface area contributed by atoms with Gasteiger partial charge in [0, 0.05) is 6.04 Å². The molecule has 0 bridgehead atoms. The minimum Gasteiger partial charge on any atom is -0.493 e. The van der Waals surface area contributed by atoms with Gasteiger partial charge in [0.05, 0.1) is 30.9 Å². The summed E-state index contributed by atoms with van der Waals surface area (Å²) in [7, 11) is 1.57. The second-order valence-corrected chi connectivity index (χ2v) is 10.1. The summed E-state index contributed by atoms with van der Waals surface area (Å²) in [6.45, 7) is 8.47. The average molecular weight is 517 g/mol. The van der Waals surface area contributed by atoms with Gasteiger partial charge >= 0.3 is 5.97 Å². The summed E-state index contributed by atoms with van der Waals surface area (Å²) in [5.41, 5.74) is 0.395. The van der Waals surface area contributed by atoms with Crippen molar-refractivity contribution in [2.24, 2.45) is 11.8 Å². The van der Waals surface area contributed by atoms with Gasteiger partial charge in [-0.05, 0) is 55.9 Å². The zero-order chi connectivity index (χ0) is 26.2. The number of thiazole rings is 1. The first-order valence-corrected chi connectivity index (χ1v) is 13.3. The first-order valence-electron chi connectivity index (χ1n) is 12.5. The lowest BCUT2D eigenvalue weighted by Crippen LogP contribution is -2.46. The highest BCUT2D eigenvalue weighted by molar-refractivity contribution is 7.07. The van der Waals surface area contributed by atoms with E-state index in [1.165, 1.54) is 10.6 Å². The lowest BCUT2D eigenvalue weighted by atomic mass is 9.78. The van der Waals surface area contributed by atoms with Gasteiger partial charge in [-0.2, -0.15) is 0 Å². The van der Waals surface area contributed by atoms with Crippen LogP contribution in [0.25, 0.3) is 12.2 Å². The van der Waals surface area contributed by atoms with Crippen LogP contribution in [0.4, 0.5) is 0 Å². The Morgan fingerprint density at radius 3 is 2.64 bits per heavy atom. The van der Waals surface area contributed by atoms with Crippen molar-refractivity contribution in [3.05, 3.63) is 43.3 Å². The van der Waals surface area contributed by atoms with Crippen molar-refractivity contribution in [2.45, 2.75) is 59.5 Å². The van der Waals surface area contributed by atoms with Crippen LogP contribution < -0.4 is 29.5 Å². The fourth-order valence-electron chi connectivity index (χ4n) is 4.46. The average Bonchev–Trinajstić information content (AvgIpc) is 3.11. The number of rotatable bonds is 9. The maximum Gasteiger partial charge on any atom is 0.333 e. The molecule has 2 aromatic rings. The number of nitrogens with one attached hydrogen (secondary N) is 1. The quantitative estimate of drug-likeness (QED) is 0.515. The van der Waals surface area contributed by atoms with Crippen LogP contribution in [0.1, 0.15) is 52.5 Å². The van der Waals surface area contributed by atoms with Crippen molar-refractivity contribution < 1.29 is 23.8 Å². The van der Waals surface area contributed by atoms with E-state index in [2.05, 4.69) is 19.2 Å². The molecule has 0 unspecified atom stereocenters. The number of hydrogen-bond donors (Lipinski definition) is 1. The summed E-state index contributed by atoms with van der Waals surface area (Å²) < 4.78 is 18.1. The molecular weight excluding hydrogens is 480 g/mol. The number of carbonyl (C=O) groups is 2. The Morgan fingerprint density at radius 2 is 1.94 bits per heavy atom. The minimum absolute atomic E-state index is 0.0791. The van der Waals surface area contributed by atoms with E-state index in [4.69, 9.17) is 14.2 Å². The van der Waals surface area contributed by atoms with Crippen molar-refractivity contribution in [1.29, 1.82) is 0 Å². The third-order valence-corrected chi connectivity index (χ3v) is 7.66. The summed E-state index contributed by atoms with van der Waals surface area (Å²) >= 11 is 1.14. The molecule has 3 atom stereocenters. The minimum atomic E-state index is -0.558. The number of nitrogens with zero attached hydrogens (tertiary/aromatic N) is 1. The summed E-state index contributed by atoms with van der Waals surface area (Å²) in [6.07, 6.45) is 6.14. The van der Waals surface area contributed by atoms with E-state index < -0.39 is 5.97 Å². The van der Waals surface area contributed by atoms with Gasteiger partial charge in [0.2, 0.25) is 5.91 Å². The molecular formula is C27H36N2O6S. The molecule has 9 heteroatoms. The van der Waals surface area contributed by atoms with E-state index >= 15 is 0 Å². The van der Waals surface area contributed by atoms with Gasteiger partial charge in [0.25, 0.3) is 5.56 Å². The predicted molar refractivity (Wildman–Crippen MR) is 141 cm³/mol. The Balaban J connectivity index is 1.98. The molecule has 0 saturated heterocycles. The molecule has 1 heterocycles. The van der Waals surface area contributed by atoms with Crippen LogP contribution in [0, 0.1) is 11.8 Å². The van der Waals surface area contributed by atoms with Crippen LogP contribution in [0.2, 0.25) is 0 Å². The highest BCUT2D eigenvalue weighted by Crippen LogP contribution is 2.29. The Morgan fingerprint density at radius 1 is 1.17 bits per heavy atom. The van der Waals surface area contributed by atoms with E-state index in [1.807, 2.05) is 13.0 Å². The van der Waals surface area contributed by atoms with Gasteiger partial charge in [0.15, 0.2) is 11.5 Å². The molecule has 1 amide bonds. The summed E-state index contributed by atoms with van der Waals surface area (Å²) in [6, 6.07) is 5.46. The highest BCUT2D eigenvalue weighted by Gasteiger charge is 2.28. The van der Waals surface area contributed by atoms with Gasteiger partial charge < -0.3 is 19.5 Å². The number of aromatic nitrogens is 1. The standard InChI is InChI=1S/C27H36N2O6S/c1-6-34-22-13-19(11-12-21(22)33-5)14-23-27(32)29(25(36-23)15-26(31)35-7-2)16-24(30)28-20-10-8-9-17(3)18(20)4/h11-15,17-18,20H,6-10,16H2,1-5H3,(H,28,30)/b23-14-,25-15-/t17-,18-,20-/m0/s1. The largest absolute Gasteiger partial charge is 0.493 e. The molecule has 196 valence electrons. The Hall–Kier alpha value is -3.07. The van der Waals surface area contributed by atoms with Crippen molar-refractivity contribution in [3.63, 3.8) is 0 Å². The van der Waals surface area contributed by atoms with E-state index in [0.717, 1.165) is 36.2 Å². The summed E-state index contributed by atoms with van der Waals surface area (Å²) in [4.78, 5) is 38.5. The Labute approximate surface area is 215 Å². The molecule has 36 heavy (non-hydrogen) atoms. The maximum absolute atomic E-state index is 13.3.